The molecular formula is C32H41N7O3. The van der Waals surface area contributed by atoms with Crippen LogP contribution >= 0.6 is 0 Å². The molecule has 0 radical (unpaired) electrons. The van der Waals surface area contributed by atoms with Gasteiger partial charge >= 0.3 is 0 Å². The van der Waals surface area contributed by atoms with E-state index in [1.807, 2.05) is 31.2 Å². The van der Waals surface area contributed by atoms with E-state index >= 15 is 0 Å². The fraction of sp³-hybridized carbons (Fsp3) is 0.469. The number of nitrogens with two attached hydrogens (primary N) is 1. The molecule has 1 unspecified atom stereocenters. The van der Waals surface area contributed by atoms with Crippen molar-refractivity contribution in [3.8, 4) is 6.07 Å². The van der Waals surface area contributed by atoms with Crippen LogP contribution in [0, 0.1) is 16.7 Å². The number of hydrogen-bond acceptors (Lipinski definition) is 6. The van der Waals surface area contributed by atoms with Gasteiger partial charge < -0.3 is 25.8 Å². The van der Waals surface area contributed by atoms with Gasteiger partial charge in [-0.1, -0.05) is 12.1 Å². The summed E-state index contributed by atoms with van der Waals surface area (Å²) in [6.45, 7) is 2.61. The number of amidine groups is 1. The molecule has 1 aliphatic carbocycles. The average molecular weight is 572 g/mol. The van der Waals surface area contributed by atoms with Gasteiger partial charge in [-0.2, -0.15) is 5.26 Å². The molecule has 3 amide bonds. The second kappa shape index (κ2) is 12.3. The van der Waals surface area contributed by atoms with Crippen LogP contribution in [0.3, 0.4) is 0 Å². The van der Waals surface area contributed by atoms with Crippen molar-refractivity contribution in [1.29, 1.82) is 10.7 Å². The third kappa shape index (κ3) is 5.74. The van der Waals surface area contributed by atoms with Gasteiger partial charge in [0, 0.05) is 51.9 Å². The van der Waals surface area contributed by atoms with Gasteiger partial charge in [-0.15, -0.1) is 0 Å². The normalized spacial score (nSPS) is 17.7. The fourth-order valence-electron chi connectivity index (χ4n) is 6.34. The molecule has 1 aliphatic heterocycles. The molecule has 222 valence electrons. The van der Waals surface area contributed by atoms with Crippen LogP contribution in [-0.2, 0) is 23.1 Å². The Morgan fingerprint density at radius 3 is 2.02 bits per heavy atom. The quantitative estimate of drug-likeness (QED) is 0.327. The number of aryl methyl sites for hydroxylation is 2. The predicted octanol–water partition coefficient (Wildman–Crippen LogP) is 2.29. The number of amides is 3. The average Bonchev–Trinajstić information content (AvgIpc) is 3.40. The SMILES string of the molecule is C[C@H](CC1(C(=N)N)c2ccc(C(=O)N(C)C)cc2CCc2cc(C(=O)N(C)C)ccc21)NCC(=O)N1CCCC1C#N. The molecule has 2 aromatic rings. The molecule has 2 atom stereocenters. The van der Waals surface area contributed by atoms with Crippen LogP contribution in [-0.4, -0.2) is 91.6 Å². The highest BCUT2D eigenvalue weighted by molar-refractivity contribution is 5.98. The first-order valence-corrected chi connectivity index (χ1v) is 14.4. The molecule has 2 aliphatic rings. The summed E-state index contributed by atoms with van der Waals surface area (Å²) in [4.78, 5) is 43.3. The third-order valence-corrected chi connectivity index (χ3v) is 8.50. The van der Waals surface area contributed by atoms with Gasteiger partial charge in [-0.3, -0.25) is 19.8 Å². The maximum atomic E-state index is 13.0. The van der Waals surface area contributed by atoms with Gasteiger partial charge in [0.05, 0.1) is 18.0 Å². The largest absolute Gasteiger partial charge is 0.387 e. The third-order valence-electron chi connectivity index (χ3n) is 8.50. The summed E-state index contributed by atoms with van der Waals surface area (Å²) in [5.74, 6) is -0.395. The standard InChI is InChI=1S/C32H41N7O3/c1-20(36-19-28(40)39-14-6-7-25(39)18-33)17-32(31(34)35)26-12-10-23(29(41)37(2)3)15-21(26)8-9-22-16-24(11-13-27(22)32)30(42)38(4)5/h10-13,15-16,20,25,36H,6-9,14,17,19H2,1-5H3,(H3,34,35)/t20-,25?/m1/s1. The lowest BCUT2D eigenvalue weighted by Gasteiger charge is -2.38. The molecule has 2 aromatic carbocycles. The molecule has 1 saturated heterocycles. The Labute approximate surface area is 248 Å². The lowest BCUT2D eigenvalue weighted by molar-refractivity contribution is -0.130. The van der Waals surface area contributed by atoms with E-state index < -0.39 is 11.5 Å². The van der Waals surface area contributed by atoms with Gasteiger partial charge in [0.15, 0.2) is 0 Å². The Morgan fingerprint density at radius 1 is 1.05 bits per heavy atom. The second-order valence-electron chi connectivity index (χ2n) is 11.8. The minimum Gasteiger partial charge on any atom is -0.387 e. The van der Waals surface area contributed by atoms with Gasteiger partial charge in [0.2, 0.25) is 5.91 Å². The number of nitrogens with zero attached hydrogens (tertiary/aromatic N) is 4. The molecule has 0 aromatic heterocycles. The van der Waals surface area contributed by atoms with Gasteiger partial charge in [0.25, 0.3) is 11.8 Å². The van der Waals surface area contributed by atoms with E-state index in [-0.39, 0.29) is 36.1 Å². The molecule has 10 nitrogen and oxygen atoms in total. The maximum Gasteiger partial charge on any atom is 0.253 e. The lowest BCUT2D eigenvalue weighted by Crippen LogP contribution is -2.49. The number of carbonyl (C=O) groups excluding carboxylic acids is 3. The Kier molecular flexibility index (Phi) is 9.02. The summed E-state index contributed by atoms with van der Waals surface area (Å²) in [5.41, 5.74) is 10.1. The van der Waals surface area contributed by atoms with Crippen molar-refractivity contribution in [2.24, 2.45) is 5.73 Å². The van der Waals surface area contributed by atoms with E-state index in [1.54, 1.807) is 45.2 Å². The van der Waals surface area contributed by atoms with Crippen molar-refractivity contribution in [3.05, 3.63) is 69.8 Å². The summed E-state index contributed by atoms with van der Waals surface area (Å²) in [6, 6.07) is 12.7. The Morgan fingerprint density at radius 2 is 1.57 bits per heavy atom. The number of nitrogens with one attached hydrogen (secondary N) is 2. The van der Waals surface area contributed by atoms with Crippen molar-refractivity contribution < 1.29 is 14.4 Å². The van der Waals surface area contributed by atoms with Crippen LogP contribution in [0.1, 0.15) is 69.2 Å². The number of fused-ring (bicyclic) bond motifs is 2. The van der Waals surface area contributed by atoms with Crippen molar-refractivity contribution in [2.75, 3.05) is 41.3 Å². The number of benzene rings is 2. The minimum atomic E-state index is -1.06. The lowest BCUT2D eigenvalue weighted by atomic mass is 9.67. The van der Waals surface area contributed by atoms with Crippen LogP contribution in [0.2, 0.25) is 0 Å². The van der Waals surface area contributed by atoms with E-state index in [0.29, 0.717) is 43.4 Å². The summed E-state index contributed by atoms with van der Waals surface area (Å²) in [6.07, 6.45) is 3.10. The minimum absolute atomic E-state index is 0.0469. The number of likely N-dealkylation sites (tertiary alicyclic amines) is 1. The van der Waals surface area contributed by atoms with Crippen LogP contribution < -0.4 is 11.1 Å². The van der Waals surface area contributed by atoms with Gasteiger partial charge in [-0.05, 0) is 85.5 Å². The van der Waals surface area contributed by atoms with Crippen molar-refractivity contribution in [2.45, 2.75) is 56.5 Å². The molecule has 0 spiro atoms. The molecule has 1 fully saturated rings. The first-order chi connectivity index (χ1) is 19.9. The number of nitriles is 1. The molecule has 0 saturated carbocycles. The van der Waals surface area contributed by atoms with Gasteiger partial charge in [0.1, 0.15) is 11.9 Å². The van der Waals surface area contributed by atoms with E-state index in [0.717, 1.165) is 28.7 Å². The second-order valence-corrected chi connectivity index (χ2v) is 11.8. The summed E-state index contributed by atoms with van der Waals surface area (Å²) in [5, 5.41) is 21.7. The van der Waals surface area contributed by atoms with Crippen molar-refractivity contribution >= 4 is 23.6 Å². The van der Waals surface area contributed by atoms with Crippen LogP contribution in [0.4, 0.5) is 0 Å². The smallest absolute Gasteiger partial charge is 0.253 e. The fourth-order valence-corrected chi connectivity index (χ4v) is 6.34. The van der Waals surface area contributed by atoms with Crippen molar-refractivity contribution in [1.82, 2.24) is 20.0 Å². The Balaban J connectivity index is 1.77. The number of rotatable bonds is 8. The molecule has 0 bridgehead atoms. The van der Waals surface area contributed by atoms with E-state index in [4.69, 9.17) is 11.1 Å². The molecule has 4 N–H and O–H groups in total. The topological polar surface area (TPSA) is 147 Å². The summed E-state index contributed by atoms with van der Waals surface area (Å²) >= 11 is 0. The molecular weight excluding hydrogens is 530 g/mol. The van der Waals surface area contributed by atoms with Crippen molar-refractivity contribution in [3.63, 3.8) is 0 Å². The highest BCUT2D eigenvalue weighted by Gasteiger charge is 2.44. The summed E-state index contributed by atoms with van der Waals surface area (Å²) in [7, 11) is 6.84. The Bertz CT molecular complexity index is 1370. The number of carbonyl (C=O) groups is 3. The molecule has 10 heteroatoms. The maximum absolute atomic E-state index is 13.0. The van der Waals surface area contributed by atoms with Crippen LogP contribution in [0.15, 0.2) is 36.4 Å². The first-order valence-electron chi connectivity index (χ1n) is 14.4. The van der Waals surface area contributed by atoms with Gasteiger partial charge in [-0.25, -0.2) is 0 Å². The zero-order valence-electron chi connectivity index (χ0n) is 25.2. The van der Waals surface area contributed by atoms with E-state index in [9.17, 15) is 19.6 Å². The molecule has 4 rings (SSSR count). The van der Waals surface area contributed by atoms with Crippen LogP contribution in [0.25, 0.3) is 0 Å². The Hall–Kier alpha value is -4.23. The highest BCUT2D eigenvalue weighted by Crippen LogP contribution is 2.44. The first kappa shape index (κ1) is 30.7. The molecule has 42 heavy (non-hydrogen) atoms. The number of hydrogen-bond donors (Lipinski definition) is 3. The molecule has 1 heterocycles. The zero-order valence-corrected chi connectivity index (χ0v) is 25.2. The zero-order chi connectivity index (χ0) is 30.8. The predicted molar refractivity (Wildman–Crippen MR) is 161 cm³/mol. The van der Waals surface area contributed by atoms with Crippen LogP contribution in [0.5, 0.6) is 0 Å². The van der Waals surface area contributed by atoms with E-state index in [1.165, 1.54) is 9.80 Å². The highest BCUT2D eigenvalue weighted by atomic mass is 16.2. The van der Waals surface area contributed by atoms with E-state index in [2.05, 4.69) is 11.4 Å². The summed E-state index contributed by atoms with van der Waals surface area (Å²) < 4.78 is 0. The monoisotopic (exact) mass is 571 g/mol.